The molecule has 43 heavy (non-hydrogen) atoms. The van der Waals surface area contributed by atoms with Gasteiger partial charge in [-0.05, 0) is 60.4 Å². The Hall–Kier alpha value is -4.14. The minimum absolute atomic E-state index is 0.0821. The molecule has 0 radical (unpaired) electrons. The molecule has 0 aliphatic rings. The average Bonchev–Trinajstić information content (AvgIpc) is 3.36. The fourth-order valence-electron chi connectivity index (χ4n) is 4.39. The van der Waals surface area contributed by atoms with E-state index in [4.69, 9.17) is 4.18 Å². The second-order valence-electron chi connectivity index (χ2n) is 10.2. The van der Waals surface area contributed by atoms with Gasteiger partial charge in [0.05, 0.1) is 22.9 Å². The van der Waals surface area contributed by atoms with Crippen LogP contribution in [0.1, 0.15) is 25.8 Å². The summed E-state index contributed by atoms with van der Waals surface area (Å²) in [6, 6.07) is 19.7. The molecule has 1 atom stereocenters. The third-order valence-electron chi connectivity index (χ3n) is 6.41. The Morgan fingerprint density at radius 2 is 1.63 bits per heavy atom. The van der Waals surface area contributed by atoms with Crippen molar-refractivity contribution < 1.29 is 40.6 Å². The molecule has 0 bridgehead atoms. The van der Waals surface area contributed by atoms with Crippen LogP contribution >= 0.6 is 0 Å². The molecule has 0 aliphatic heterocycles. The SMILES string of the molecule is CC(C)CC(NC(=O)Cn1nc(-c2ccccc2OS(=O)(=O)c2ccc(C(F)(F)F)cc2)cc1-c1ccccc1)B(O)O. The fraction of sp³-hybridized carbons (Fsp3) is 0.241. The summed E-state index contributed by atoms with van der Waals surface area (Å²) in [4.78, 5) is 12.5. The molecule has 3 aromatic carbocycles. The highest BCUT2D eigenvalue weighted by Crippen LogP contribution is 2.35. The molecular formula is C29H29BF3N3O6S. The quantitative estimate of drug-likeness (QED) is 0.167. The summed E-state index contributed by atoms with van der Waals surface area (Å²) in [5.74, 6) is -1.47. The van der Waals surface area contributed by atoms with Gasteiger partial charge in [-0.15, -0.1) is 0 Å². The maximum absolute atomic E-state index is 13.0. The first-order valence-corrected chi connectivity index (χ1v) is 14.7. The number of amides is 1. The highest BCUT2D eigenvalue weighted by atomic mass is 32.2. The van der Waals surface area contributed by atoms with Crippen LogP contribution in [-0.2, 0) is 27.6 Å². The molecule has 14 heteroatoms. The molecule has 0 aliphatic carbocycles. The second-order valence-corrected chi connectivity index (χ2v) is 11.8. The van der Waals surface area contributed by atoms with Gasteiger partial charge >= 0.3 is 23.4 Å². The van der Waals surface area contributed by atoms with E-state index in [0.717, 1.165) is 12.1 Å². The first kappa shape index (κ1) is 31.8. The van der Waals surface area contributed by atoms with Crippen molar-refractivity contribution in [3.8, 4) is 28.3 Å². The van der Waals surface area contributed by atoms with Gasteiger partial charge in [-0.1, -0.05) is 56.3 Å². The largest absolute Gasteiger partial charge is 0.475 e. The predicted molar refractivity (Wildman–Crippen MR) is 154 cm³/mol. The van der Waals surface area contributed by atoms with Crippen molar-refractivity contribution in [2.45, 2.75) is 43.8 Å². The number of nitrogens with one attached hydrogen (secondary N) is 1. The lowest BCUT2D eigenvalue weighted by molar-refractivity contribution is -0.137. The van der Waals surface area contributed by atoms with Crippen molar-refractivity contribution >= 4 is 23.1 Å². The zero-order valence-electron chi connectivity index (χ0n) is 23.2. The van der Waals surface area contributed by atoms with E-state index < -0.39 is 45.7 Å². The van der Waals surface area contributed by atoms with Gasteiger partial charge in [0.15, 0.2) is 5.75 Å². The summed E-state index contributed by atoms with van der Waals surface area (Å²) in [6.45, 7) is 3.47. The highest BCUT2D eigenvalue weighted by Gasteiger charge is 2.31. The summed E-state index contributed by atoms with van der Waals surface area (Å²) in [5, 5.41) is 26.6. The minimum atomic E-state index is -4.63. The van der Waals surface area contributed by atoms with Crippen molar-refractivity contribution in [1.29, 1.82) is 0 Å². The lowest BCUT2D eigenvalue weighted by atomic mass is 9.75. The predicted octanol–water partition coefficient (Wildman–Crippen LogP) is 4.55. The highest BCUT2D eigenvalue weighted by molar-refractivity contribution is 7.87. The monoisotopic (exact) mass is 615 g/mol. The van der Waals surface area contributed by atoms with Crippen LogP contribution < -0.4 is 9.50 Å². The summed E-state index contributed by atoms with van der Waals surface area (Å²) in [5.41, 5.74) is 0.712. The van der Waals surface area contributed by atoms with E-state index >= 15 is 0 Å². The number of benzene rings is 3. The first-order valence-electron chi connectivity index (χ1n) is 13.2. The van der Waals surface area contributed by atoms with Crippen LogP contribution in [0.2, 0.25) is 0 Å². The maximum atomic E-state index is 13.0. The van der Waals surface area contributed by atoms with Crippen molar-refractivity contribution in [1.82, 2.24) is 15.1 Å². The Kier molecular flexibility index (Phi) is 9.63. The number of carbonyl (C=O) groups is 1. The zero-order valence-corrected chi connectivity index (χ0v) is 24.0. The van der Waals surface area contributed by atoms with Crippen LogP contribution in [0, 0.1) is 5.92 Å². The molecule has 3 N–H and O–H groups in total. The normalized spacial score (nSPS) is 12.7. The average molecular weight is 615 g/mol. The molecule has 0 spiro atoms. The van der Waals surface area contributed by atoms with Crippen LogP contribution in [-0.4, -0.2) is 47.2 Å². The van der Waals surface area contributed by atoms with Gasteiger partial charge in [0.2, 0.25) is 5.91 Å². The van der Waals surface area contributed by atoms with Gasteiger partial charge in [0.25, 0.3) is 0 Å². The molecule has 1 unspecified atom stereocenters. The number of rotatable bonds is 11. The van der Waals surface area contributed by atoms with E-state index in [0.29, 0.717) is 29.8 Å². The van der Waals surface area contributed by atoms with Gasteiger partial charge in [-0.2, -0.15) is 26.7 Å². The molecule has 4 aromatic rings. The van der Waals surface area contributed by atoms with E-state index in [1.807, 2.05) is 19.9 Å². The Labute approximate surface area is 247 Å². The number of halogens is 3. The number of nitrogens with zero attached hydrogens (tertiary/aromatic N) is 2. The number of hydrogen-bond donors (Lipinski definition) is 3. The molecule has 226 valence electrons. The van der Waals surface area contributed by atoms with Crippen LogP contribution in [0.3, 0.4) is 0 Å². The maximum Gasteiger partial charge on any atom is 0.475 e. The topological polar surface area (TPSA) is 131 Å². The number of hydrogen-bond acceptors (Lipinski definition) is 7. The minimum Gasteiger partial charge on any atom is -0.426 e. The Balaban J connectivity index is 1.67. The number of alkyl halides is 3. The van der Waals surface area contributed by atoms with Gasteiger partial charge < -0.3 is 19.5 Å². The number of carbonyl (C=O) groups excluding carboxylic acids is 1. The van der Waals surface area contributed by atoms with Crippen molar-refractivity contribution in [2.75, 3.05) is 0 Å². The van der Waals surface area contributed by atoms with E-state index in [9.17, 15) is 36.4 Å². The smallest absolute Gasteiger partial charge is 0.426 e. The van der Waals surface area contributed by atoms with Gasteiger partial charge in [-0.3, -0.25) is 9.48 Å². The van der Waals surface area contributed by atoms with Crippen LogP contribution in [0.4, 0.5) is 13.2 Å². The number of aromatic nitrogens is 2. The second kappa shape index (κ2) is 13.0. The standard InChI is InChI=1S/C29H29BF3N3O6S/c1-19(2)16-27(30(38)39)34-28(37)18-36-25(20-8-4-3-5-9-20)17-24(35-36)23-10-6-7-11-26(23)42-43(40,41)22-14-12-21(13-15-22)29(31,32)33/h3-15,17,19,27,38-39H,16,18H2,1-2H3,(H,34,37). The zero-order chi connectivity index (χ0) is 31.4. The van der Waals surface area contributed by atoms with Gasteiger partial charge in [-0.25, -0.2) is 0 Å². The van der Waals surface area contributed by atoms with Gasteiger partial charge in [0, 0.05) is 5.56 Å². The molecule has 1 aromatic heterocycles. The molecule has 9 nitrogen and oxygen atoms in total. The van der Waals surface area contributed by atoms with Crippen LogP contribution in [0.15, 0.2) is 89.8 Å². The Morgan fingerprint density at radius 3 is 2.23 bits per heavy atom. The van der Waals surface area contributed by atoms with E-state index in [-0.39, 0.29) is 29.5 Å². The molecule has 4 rings (SSSR count). The summed E-state index contributed by atoms with van der Waals surface area (Å²) < 4.78 is 71.6. The lowest BCUT2D eigenvalue weighted by Gasteiger charge is -2.20. The van der Waals surface area contributed by atoms with E-state index in [2.05, 4.69) is 10.4 Å². The molecular weight excluding hydrogens is 586 g/mol. The van der Waals surface area contributed by atoms with E-state index in [1.54, 1.807) is 42.5 Å². The van der Waals surface area contributed by atoms with Crippen molar-refractivity contribution in [3.05, 3.63) is 90.5 Å². The Bertz CT molecular complexity index is 1660. The molecule has 0 fully saturated rings. The molecule has 1 heterocycles. The molecule has 1 amide bonds. The third-order valence-corrected chi connectivity index (χ3v) is 7.66. The van der Waals surface area contributed by atoms with Crippen molar-refractivity contribution in [3.63, 3.8) is 0 Å². The number of para-hydroxylation sites is 1. The van der Waals surface area contributed by atoms with Crippen LogP contribution in [0.5, 0.6) is 5.75 Å². The first-order chi connectivity index (χ1) is 20.2. The summed E-state index contributed by atoms with van der Waals surface area (Å²) >= 11 is 0. The van der Waals surface area contributed by atoms with Crippen LogP contribution in [0.25, 0.3) is 22.5 Å². The van der Waals surface area contributed by atoms with E-state index in [1.165, 1.54) is 16.8 Å². The fourth-order valence-corrected chi connectivity index (χ4v) is 5.34. The molecule has 0 saturated carbocycles. The molecule has 0 saturated heterocycles. The van der Waals surface area contributed by atoms with Crippen molar-refractivity contribution in [2.24, 2.45) is 5.92 Å². The van der Waals surface area contributed by atoms with Gasteiger partial charge in [0.1, 0.15) is 11.4 Å². The summed E-state index contributed by atoms with van der Waals surface area (Å²) in [6.07, 6.45) is -4.30. The third kappa shape index (κ3) is 8.03. The summed E-state index contributed by atoms with van der Waals surface area (Å²) in [7, 11) is -6.29. The lowest BCUT2D eigenvalue weighted by Crippen LogP contribution is -2.48. The Morgan fingerprint density at radius 1 is 1.00 bits per heavy atom.